The molecule has 0 bridgehead atoms. The van der Waals surface area contributed by atoms with Gasteiger partial charge in [-0.3, -0.25) is 0 Å². The molecule has 0 amide bonds. The Bertz CT molecular complexity index is 617. The molecule has 2 fully saturated rings. The second-order valence-corrected chi connectivity index (χ2v) is 8.28. The zero-order valence-corrected chi connectivity index (χ0v) is 13.9. The summed E-state index contributed by atoms with van der Waals surface area (Å²) in [6, 6.07) is 7.61. The van der Waals surface area contributed by atoms with Crippen LogP contribution in [0.15, 0.2) is 24.3 Å². The third kappa shape index (κ3) is 3.56. The Morgan fingerprint density at radius 2 is 2.09 bits per heavy atom. The maximum absolute atomic E-state index is 12.4. The number of piperidine rings is 1. The number of nitrogens with one attached hydrogen (secondary N) is 1. The van der Waals surface area contributed by atoms with Gasteiger partial charge in [0.2, 0.25) is 10.0 Å². The summed E-state index contributed by atoms with van der Waals surface area (Å²) in [5.74, 6) is 0. The molecular formula is C15H21ClN2O3S. The molecule has 2 heterocycles. The maximum Gasteiger partial charge on any atom is 0.217 e. The van der Waals surface area contributed by atoms with Crippen molar-refractivity contribution in [2.45, 2.75) is 30.6 Å². The van der Waals surface area contributed by atoms with Crippen molar-refractivity contribution in [2.75, 3.05) is 31.2 Å². The van der Waals surface area contributed by atoms with E-state index in [1.807, 2.05) is 24.3 Å². The number of ether oxygens (including phenoxy) is 1. The van der Waals surface area contributed by atoms with E-state index >= 15 is 0 Å². The van der Waals surface area contributed by atoms with Crippen LogP contribution < -0.4 is 9.62 Å². The summed E-state index contributed by atoms with van der Waals surface area (Å²) in [6.07, 6.45) is 2.38. The lowest BCUT2D eigenvalue weighted by atomic mass is 10.1. The molecule has 0 saturated carbocycles. The van der Waals surface area contributed by atoms with Crippen LogP contribution in [0.4, 0.5) is 5.69 Å². The van der Waals surface area contributed by atoms with E-state index in [2.05, 4.69) is 9.62 Å². The van der Waals surface area contributed by atoms with Crippen LogP contribution in [0.1, 0.15) is 19.3 Å². The van der Waals surface area contributed by atoms with Crippen molar-refractivity contribution in [3.8, 4) is 0 Å². The molecule has 5 nitrogen and oxygen atoms in total. The lowest BCUT2D eigenvalue weighted by Gasteiger charge is -2.35. The molecule has 1 N–H and O–H groups in total. The first-order valence-corrected chi connectivity index (χ1v) is 9.57. The highest BCUT2D eigenvalue weighted by Crippen LogP contribution is 2.28. The number of hydrogen-bond donors (Lipinski definition) is 1. The van der Waals surface area contributed by atoms with Crippen LogP contribution in [-0.2, 0) is 14.8 Å². The maximum atomic E-state index is 12.4. The lowest BCUT2D eigenvalue weighted by Crippen LogP contribution is -2.50. The summed E-state index contributed by atoms with van der Waals surface area (Å²) < 4.78 is 32.8. The number of anilines is 1. The highest BCUT2D eigenvalue weighted by atomic mass is 35.5. The molecular weight excluding hydrogens is 324 g/mol. The van der Waals surface area contributed by atoms with E-state index in [0.29, 0.717) is 31.2 Å². The lowest BCUT2D eigenvalue weighted by molar-refractivity contribution is 0.198. The van der Waals surface area contributed by atoms with Gasteiger partial charge in [0.25, 0.3) is 0 Å². The minimum atomic E-state index is -3.31. The Morgan fingerprint density at radius 1 is 1.27 bits per heavy atom. The second kappa shape index (κ2) is 6.74. The fraction of sp³-hybridized carbons (Fsp3) is 0.600. The first-order chi connectivity index (χ1) is 10.6. The molecule has 0 aliphatic carbocycles. The Morgan fingerprint density at radius 3 is 2.82 bits per heavy atom. The van der Waals surface area contributed by atoms with E-state index in [-0.39, 0.29) is 6.04 Å². The van der Waals surface area contributed by atoms with Gasteiger partial charge in [0.05, 0.1) is 17.3 Å². The second-order valence-electron chi connectivity index (χ2n) is 5.89. The number of rotatable bonds is 4. The standard InChI is InChI=1S/C15H21ClN2O3S/c16-14-5-1-2-6-15(14)18-8-3-4-12(10-18)17-22(19,20)13-7-9-21-11-13/h1-2,5-6,12-13,17H,3-4,7-11H2/t12-,13+/m0/s1. The average molecular weight is 345 g/mol. The van der Waals surface area contributed by atoms with Crippen molar-refractivity contribution in [1.82, 2.24) is 4.72 Å². The molecule has 0 aromatic heterocycles. The van der Waals surface area contributed by atoms with Crippen molar-refractivity contribution < 1.29 is 13.2 Å². The molecule has 0 spiro atoms. The summed E-state index contributed by atoms with van der Waals surface area (Å²) in [5, 5.41) is 0.290. The van der Waals surface area contributed by atoms with Crippen LogP contribution in [0.3, 0.4) is 0 Å². The van der Waals surface area contributed by atoms with Gasteiger partial charge in [-0.15, -0.1) is 0 Å². The Hall–Kier alpha value is -0.820. The molecule has 2 atom stereocenters. The van der Waals surface area contributed by atoms with E-state index in [1.54, 1.807) is 0 Å². The van der Waals surface area contributed by atoms with Gasteiger partial charge >= 0.3 is 0 Å². The van der Waals surface area contributed by atoms with Crippen LogP contribution in [0.2, 0.25) is 5.02 Å². The normalized spacial score (nSPS) is 26.3. The van der Waals surface area contributed by atoms with Gasteiger partial charge in [-0.2, -0.15) is 0 Å². The predicted molar refractivity (Wildman–Crippen MR) is 88.0 cm³/mol. The summed E-state index contributed by atoms with van der Waals surface area (Å²) >= 11 is 6.25. The average Bonchev–Trinajstić information content (AvgIpc) is 3.03. The van der Waals surface area contributed by atoms with Crippen molar-refractivity contribution in [3.63, 3.8) is 0 Å². The fourth-order valence-corrected chi connectivity index (χ4v) is 4.87. The fourth-order valence-electron chi connectivity index (χ4n) is 3.09. The number of hydrogen-bond acceptors (Lipinski definition) is 4. The van der Waals surface area contributed by atoms with E-state index in [0.717, 1.165) is 25.1 Å². The smallest absolute Gasteiger partial charge is 0.217 e. The predicted octanol–water partition coefficient (Wildman–Crippen LogP) is 2.02. The van der Waals surface area contributed by atoms with E-state index in [1.165, 1.54) is 0 Å². The van der Waals surface area contributed by atoms with Crippen molar-refractivity contribution >= 4 is 27.3 Å². The molecule has 1 aromatic rings. The first kappa shape index (κ1) is 16.1. The third-order valence-electron chi connectivity index (χ3n) is 4.27. The molecule has 122 valence electrons. The van der Waals surface area contributed by atoms with Crippen LogP contribution in [0.5, 0.6) is 0 Å². The SMILES string of the molecule is O=S(=O)(N[C@H]1CCCN(c2ccccc2Cl)C1)[C@@H]1CCOC1. The Balaban J connectivity index is 1.67. The third-order valence-corrected chi connectivity index (χ3v) is 6.50. The number of nitrogens with zero attached hydrogens (tertiary/aromatic N) is 1. The van der Waals surface area contributed by atoms with Gasteiger partial charge < -0.3 is 9.64 Å². The minimum Gasteiger partial charge on any atom is -0.380 e. The van der Waals surface area contributed by atoms with Gasteiger partial charge in [-0.1, -0.05) is 23.7 Å². The highest BCUT2D eigenvalue weighted by molar-refractivity contribution is 7.90. The minimum absolute atomic E-state index is 0.0735. The largest absolute Gasteiger partial charge is 0.380 e. The van der Waals surface area contributed by atoms with Gasteiger partial charge in [0, 0.05) is 25.7 Å². The van der Waals surface area contributed by atoms with Gasteiger partial charge in [-0.05, 0) is 31.4 Å². The molecule has 2 saturated heterocycles. The summed E-state index contributed by atoms with van der Waals surface area (Å²) in [6.45, 7) is 2.38. The quantitative estimate of drug-likeness (QED) is 0.907. The van der Waals surface area contributed by atoms with Crippen LogP contribution in [0.25, 0.3) is 0 Å². The molecule has 2 aliphatic heterocycles. The van der Waals surface area contributed by atoms with Crippen molar-refractivity contribution in [1.29, 1.82) is 0 Å². The summed E-state index contributed by atoms with van der Waals surface area (Å²) in [5.41, 5.74) is 0.970. The van der Waals surface area contributed by atoms with Crippen LogP contribution in [-0.4, -0.2) is 46.0 Å². The molecule has 2 aliphatic rings. The number of sulfonamides is 1. The van der Waals surface area contributed by atoms with E-state index in [4.69, 9.17) is 16.3 Å². The molecule has 0 radical (unpaired) electrons. The van der Waals surface area contributed by atoms with Crippen molar-refractivity contribution in [3.05, 3.63) is 29.3 Å². The van der Waals surface area contributed by atoms with Gasteiger partial charge in [0.1, 0.15) is 5.25 Å². The molecule has 1 aromatic carbocycles. The van der Waals surface area contributed by atoms with Crippen LogP contribution in [0, 0.1) is 0 Å². The monoisotopic (exact) mass is 344 g/mol. The molecule has 0 unspecified atom stereocenters. The Kier molecular flexibility index (Phi) is 4.92. The summed E-state index contributed by atoms with van der Waals surface area (Å²) in [7, 11) is -3.31. The topological polar surface area (TPSA) is 58.6 Å². The number of halogens is 1. The van der Waals surface area contributed by atoms with E-state index in [9.17, 15) is 8.42 Å². The van der Waals surface area contributed by atoms with Gasteiger partial charge in [-0.25, -0.2) is 13.1 Å². The van der Waals surface area contributed by atoms with Gasteiger partial charge in [0.15, 0.2) is 0 Å². The van der Waals surface area contributed by atoms with Crippen LogP contribution >= 0.6 is 11.6 Å². The number of benzene rings is 1. The molecule has 3 rings (SSSR count). The van der Waals surface area contributed by atoms with Crippen molar-refractivity contribution in [2.24, 2.45) is 0 Å². The molecule has 7 heteroatoms. The first-order valence-electron chi connectivity index (χ1n) is 7.64. The zero-order chi connectivity index (χ0) is 15.6. The number of para-hydroxylation sites is 1. The Labute approximate surface area is 136 Å². The molecule has 22 heavy (non-hydrogen) atoms. The zero-order valence-electron chi connectivity index (χ0n) is 12.4. The highest BCUT2D eigenvalue weighted by Gasteiger charge is 2.33. The summed E-state index contributed by atoms with van der Waals surface area (Å²) in [4.78, 5) is 2.16. The van der Waals surface area contributed by atoms with E-state index < -0.39 is 15.3 Å².